The smallest absolute Gasteiger partial charge is 0.227 e. The van der Waals surface area contributed by atoms with Crippen LogP contribution >= 0.6 is 0 Å². The fourth-order valence-corrected chi connectivity index (χ4v) is 1.69. The molecule has 2 N–H and O–H groups in total. The van der Waals surface area contributed by atoms with Crippen molar-refractivity contribution in [1.29, 1.82) is 0 Å². The predicted molar refractivity (Wildman–Crippen MR) is 53.1 cm³/mol. The zero-order valence-electron chi connectivity index (χ0n) is 8.53. The lowest BCUT2D eigenvalue weighted by atomic mass is 9.82. The highest BCUT2D eigenvalue weighted by Crippen LogP contribution is 2.23. The molecule has 0 saturated heterocycles. The number of hydrogen-bond acceptors (Lipinski definition) is 2. The molecule has 0 bridgehead atoms. The summed E-state index contributed by atoms with van der Waals surface area (Å²) in [5, 5.41) is 0. The molecule has 74 valence electrons. The van der Waals surface area contributed by atoms with E-state index in [9.17, 15) is 4.79 Å². The van der Waals surface area contributed by atoms with Crippen molar-refractivity contribution in [3.05, 3.63) is 12.2 Å². The van der Waals surface area contributed by atoms with Crippen molar-refractivity contribution < 1.29 is 4.79 Å². The minimum absolute atomic E-state index is 0.0279. The second kappa shape index (κ2) is 3.92. The Kier molecular flexibility index (Phi) is 3.09. The monoisotopic (exact) mass is 182 g/mol. The molecular formula is C10H18N2O. The normalized spacial score (nSPS) is 33.1. The van der Waals surface area contributed by atoms with Gasteiger partial charge in [-0.1, -0.05) is 19.1 Å². The minimum Gasteiger partial charge on any atom is -0.349 e. The summed E-state index contributed by atoms with van der Waals surface area (Å²) in [6.07, 6.45) is 4.92. The van der Waals surface area contributed by atoms with Gasteiger partial charge in [-0.25, -0.2) is 0 Å². The van der Waals surface area contributed by atoms with Crippen LogP contribution in [0, 0.1) is 11.8 Å². The summed E-state index contributed by atoms with van der Waals surface area (Å²) in [6.45, 7) is 2.05. The van der Waals surface area contributed by atoms with E-state index in [-0.39, 0.29) is 17.9 Å². The van der Waals surface area contributed by atoms with Crippen LogP contribution in [0.25, 0.3) is 0 Å². The number of allylic oxidation sites excluding steroid dienone is 1. The first-order valence-corrected chi connectivity index (χ1v) is 4.67. The number of rotatable bonds is 1. The van der Waals surface area contributed by atoms with Crippen molar-refractivity contribution in [1.82, 2.24) is 4.90 Å². The molecule has 0 aromatic heterocycles. The third kappa shape index (κ3) is 2.10. The van der Waals surface area contributed by atoms with Crippen molar-refractivity contribution in [2.45, 2.75) is 19.4 Å². The molecule has 0 heterocycles. The molecule has 3 heteroatoms. The fourth-order valence-electron chi connectivity index (χ4n) is 1.69. The van der Waals surface area contributed by atoms with Gasteiger partial charge in [0.1, 0.15) is 0 Å². The van der Waals surface area contributed by atoms with Crippen LogP contribution in [0.3, 0.4) is 0 Å². The van der Waals surface area contributed by atoms with E-state index in [2.05, 4.69) is 19.1 Å². The standard InChI is InChI=1S/C10H18N2O/c1-7-5-4-6-8(9(7)11)10(13)12(2)3/h4-5,7-9H,6,11H2,1-3H3. The van der Waals surface area contributed by atoms with E-state index in [1.54, 1.807) is 19.0 Å². The van der Waals surface area contributed by atoms with Crippen LogP contribution in [-0.4, -0.2) is 30.9 Å². The van der Waals surface area contributed by atoms with Crippen LogP contribution in [0.2, 0.25) is 0 Å². The summed E-state index contributed by atoms with van der Waals surface area (Å²) in [5.74, 6) is 0.418. The molecule has 1 aliphatic carbocycles. The predicted octanol–water partition coefficient (Wildman–Crippen LogP) is 0.614. The summed E-state index contributed by atoms with van der Waals surface area (Å²) in [5.41, 5.74) is 5.96. The number of nitrogens with zero attached hydrogens (tertiary/aromatic N) is 1. The van der Waals surface area contributed by atoms with E-state index in [1.807, 2.05) is 0 Å². The Morgan fingerprint density at radius 3 is 2.69 bits per heavy atom. The van der Waals surface area contributed by atoms with E-state index < -0.39 is 0 Å². The van der Waals surface area contributed by atoms with Crippen molar-refractivity contribution in [3.8, 4) is 0 Å². The Bertz CT molecular complexity index is 223. The van der Waals surface area contributed by atoms with Gasteiger partial charge in [0.25, 0.3) is 0 Å². The van der Waals surface area contributed by atoms with Gasteiger partial charge in [-0.2, -0.15) is 0 Å². The van der Waals surface area contributed by atoms with Gasteiger partial charge in [0.2, 0.25) is 5.91 Å². The lowest BCUT2D eigenvalue weighted by Gasteiger charge is -2.30. The van der Waals surface area contributed by atoms with Crippen molar-refractivity contribution >= 4 is 5.91 Å². The van der Waals surface area contributed by atoms with E-state index in [0.717, 1.165) is 6.42 Å². The zero-order valence-corrected chi connectivity index (χ0v) is 8.53. The lowest BCUT2D eigenvalue weighted by Crippen LogP contribution is -2.45. The third-order valence-electron chi connectivity index (χ3n) is 2.66. The molecule has 0 aromatic carbocycles. The summed E-state index contributed by atoms with van der Waals surface area (Å²) in [7, 11) is 3.55. The maximum absolute atomic E-state index is 11.7. The van der Waals surface area contributed by atoms with Gasteiger partial charge < -0.3 is 10.6 Å². The highest BCUT2D eigenvalue weighted by molar-refractivity contribution is 5.79. The third-order valence-corrected chi connectivity index (χ3v) is 2.66. The average molecular weight is 182 g/mol. The van der Waals surface area contributed by atoms with E-state index in [4.69, 9.17) is 5.73 Å². The van der Waals surface area contributed by atoms with Crippen LogP contribution in [0.1, 0.15) is 13.3 Å². The van der Waals surface area contributed by atoms with Gasteiger partial charge in [-0.3, -0.25) is 4.79 Å². The maximum atomic E-state index is 11.7. The molecule has 3 nitrogen and oxygen atoms in total. The van der Waals surface area contributed by atoms with Gasteiger partial charge in [0.15, 0.2) is 0 Å². The van der Waals surface area contributed by atoms with E-state index >= 15 is 0 Å². The quantitative estimate of drug-likeness (QED) is 0.604. The van der Waals surface area contributed by atoms with Crippen molar-refractivity contribution in [3.63, 3.8) is 0 Å². The summed E-state index contributed by atoms with van der Waals surface area (Å²) in [4.78, 5) is 13.3. The molecule has 0 aliphatic heterocycles. The van der Waals surface area contributed by atoms with E-state index in [0.29, 0.717) is 5.92 Å². The number of carbonyl (C=O) groups is 1. The molecule has 1 aliphatic rings. The van der Waals surface area contributed by atoms with Crippen molar-refractivity contribution in [2.24, 2.45) is 17.6 Å². The van der Waals surface area contributed by atoms with Gasteiger partial charge in [0, 0.05) is 20.1 Å². The molecule has 0 fully saturated rings. The topological polar surface area (TPSA) is 46.3 Å². The molecule has 1 rings (SSSR count). The number of carbonyl (C=O) groups excluding carboxylic acids is 1. The second-order valence-corrected chi connectivity index (χ2v) is 3.94. The highest BCUT2D eigenvalue weighted by atomic mass is 16.2. The lowest BCUT2D eigenvalue weighted by molar-refractivity contribution is -0.134. The molecule has 3 unspecified atom stereocenters. The minimum atomic E-state index is -0.0324. The van der Waals surface area contributed by atoms with Gasteiger partial charge in [-0.05, 0) is 12.3 Å². The summed E-state index contributed by atoms with van der Waals surface area (Å²) in [6, 6.07) is -0.0279. The van der Waals surface area contributed by atoms with Crippen LogP contribution in [0.15, 0.2) is 12.2 Å². The molecule has 1 amide bonds. The molecule has 3 atom stereocenters. The molecular weight excluding hydrogens is 164 g/mol. The number of hydrogen-bond donors (Lipinski definition) is 1. The number of nitrogens with two attached hydrogens (primary N) is 1. The molecule has 0 aromatic rings. The Morgan fingerprint density at radius 1 is 1.54 bits per heavy atom. The van der Waals surface area contributed by atoms with Crippen LogP contribution in [0.5, 0.6) is 0 Å². The SMILES string of the molecule is CC1C=CCC(C(=O)N(C)C)C1N. The fraction of sp³-hybridized carbons (Fsp3) is 0.700. The average Bonchev–Trinajstić information content (AvgIpc) is 2.08. The van der Waals surface area contributed by atoms with Gasteiger partial charge >= 0.3 is 0 Å². The first-order chi connectivity index (χ1) is 6.04. The molecule has 0 saturated carbocycles. The largest absolute Gasteiger partial charge is 0.349 e. The van der Waals surface area contributed by atoms with Gasteiger partial charge in [-0.15, -0.1) is 0 Å². The molecule has 0 radical (unpaired) electrons. The van der Waals surface area contributed by atoms with E-state index in [1.165, 1.54) is 0 Å². The van der Waals surface area contributed by atoms with Crippen LogP contribution in [0.4, 0.5) is 0 Å². The maximum Gasteiger partial charge on any atom is 0.227 e. The van der Waals surface area contributed by atoms with Crippen molar-refractivity contribution in [2.75, 3.05) is 14.1 Å². The first kappa shape index (κ1) is 10.3. The molecule has 0 spiro atoms. The molecule has 13 heavy (non-hydrogen) atoms. The zero-order chi connectivity index (χ0) is 10.0. The van der Waals surface area contributed by atoms with Crippen LogP contribution in [-0.2, 0) is 4.79 Å². The Labute approximate surface area is 79.6 Å². The Morgan fingerprint density at radius 2 is 2.15 bits per heavy atom. The summed E-state index contributed by atoms with van der Waals surface area (Å²) >= 11 is 0. The van der Waals surface area contributed by atoms with Gasteiger partial charge in [0.05, 0.1) is 5.92 Å². The van der Waals surface area contributed by atoms with Crippen LogP contribution < -0.4 is 5.73 Å². The number of amides is 1. The highest BCUT2D eigenvalue weighted by Gasteiger charge is 2.30. The Hall–Kier alpha value is -0.830. The first-order valence-electron chi connectivity index (χ1n) is 4.67. The second-order valence-electron chi connectivity index (χ2n) is 3.94. The Balaban J connectivity index is 2.71. The summed E-state index contributed by atoms with van der Waals surface area (Å²) < 4.78 is 0.